The Balaban J connectivity index is 2.08. The molecule has 0 spiro atoms. The number of amides is 2. The largest absolute Gasteiger partial charge is 0.465 e. The Labute approximate surface area is 205 Å². The number of hydrogen-bond acceptors (Lipinski definition) is 6. The highest BCUT2D eigenvalue weighted by Crippen LogP contribution is 2.23. The number of nitrogens with zero attached hydrogens (tertiary/aromatic N) is 3. The third-order valence-corrected chi connectivity index (χ3v) is 5.74. The number of halogens is 1. The lowest BCUT2D eigenvalue weighted by Gasteiger charge is -2.30. The van der Waals surface area contributed by atoms with Gasteiger partial charge in [-0.15, -0.1) is 0 Å². The normalized spacial score (nSPS) is 11.8. The average Bonchev–Trinajstić information content (AvgIpc) is 2.83. The molecule has 180 valence electrons. The van der Waals surface area contributed by atoms with Gasteiger partial charge in [-0.25, -0.2) is 9.78 Å². The van der Waals surface area contributed by atoms with Crippen molar-refractivity contribution < 1.29 is 19.1 Å². The monoisotopic (exact) mass is 530 g/mol. The third kappa shape index (κ3) is 5.81. The summed E-state index contributed by atoms with van der Waals surface area (Å²) in [5, 5.41) is 3.05. The number of benzene rings is 2. The summed E-state index contributed by atoms with van der Waals surface area (Å²) in [5.41, 5.74) is 0.904. The lowest BCUT2D eigenvalue weighted by Crippen LogP contribution is -2.46. The van der Waals surface area contributed by atoms with Crippen LogP contribution in [0.2, 0.25) is 0 Å². The van der Waals surface area contributed by atoms with Crippen LogP contribution in [-0.2, 0) is 14.3 Å². The summed E-state index contributed by atoms with van der Waals surface area (Å²) >= 11 is 3.42. The fraction of sp³-hybridized carbons (Fsp3) is 0.333. The van der Waals surface area contributed by atoms with Crippen molar-refractivity contribution >= 4 is 38.8 Å². The minimum atomic E-state index is -0.627. The number of esters is 1. The van der Waals surface area contributed by atoms with Gasteiger partial charge in [-0.2, -0.15) is 0 Å². The van der Waals surface area contributed by atoms with Crippen LogP contribution in [0.25, 0.3) is 16.6 Å². The van der Waals surface area contributed by atoms with Crippen LogP contribution in [0.4, 0.5) is 4.79 Å². The molecule has 1 N–H and O–H groups in total. The summed E-state index contributed by atoms with van der Waals surface area (Å²) in [6.45, 7) is 3.90. The summed E-state index contributed by atoms with van der Waals surface area (Å²) in [5.74, 6) is -0.154. The second kappa shape index (κ2) is 11.8. The van der Waals surface area contributed by atoms with Crippen molar-refractivity contribution in [3.8, 4) is 5.69 Å². The fourth-order valence-corrected chi connectivity index (χ4v) is 3.80. The molecule has 10 heteroatoms. The van der Waals surface area contributed by atoms with Crippen LogP contribution in [0, 0.1) is 0 Å². The van der Waals surface area contributed by atoms with Crippen molar-refractivity contribution in [2.24, 2.45) is 0 Å². The van der Waals surface area contributed by atoms with Gasteiger partial charge >= 0.3 is 12.0 Å². The number of urea groups is 1. The highest BCUT2D eigenvalue weighted by Gasteiger charge is 2.27. The molecule has 0 saturated heterocycles. The van der Waals surface area contributed by atoms with E-state index in [0.29, 0.717) is 22.4 Å². The molecule has 0 fully saturated rings. The zero-order valence-electron chi connectivity index (χ0n) is 19.3. The summed E-state index contributed by atoms with van der Waals surface area (Å²) in [6.07, 6.45) is 0. The minimum absolute atomic E-state index is 0.218. The van der Waals surface area contributed by atoms with Crippen molar-refractivity contribution in [1.29, 1.82) is 0 Å². The minimum Gasteiger partial charge on any atom is -0.465 e. The molecule has 1 unspecified atom stereocenters. The number of aromatic nitrogens is 2. The number of ether oxygens (including phenoxy) is 2. The molecule has 0 bridgehead atoms. The zero-order valence-corrected chi connectivity index (χ0v) is 20.9. The number of carbonyl (C=O) groups is 2. The molecule has 3 aromatic rings. The number of fused-ring (bicyclic) bond motifs is 1. The van der Waals surface area contributed by atoms with Gasteiger partial charge in [0.1, 0.15) is 12.4 Å². The van der Waals surface area contributed by atoms with E-state index in [4.69, 9.17) is 14.5 Å². The van der Waals surface area contributed by atoms with Gasteiger partial charge in [0.05, 0.1) is 35.8 Å². The SMILES string of the molecule is CCOC(=O)CNC(=O)N(CCOC)C(C)c1nc2ccccc2c(=O)n1-c1ccc(Br)cc1. The maximum Gasteiger partial charge on any atom is 0.325 e. The van der Waals surface area contributed by atoms with Crippen LogP contribution >= 0.6 is 15.9 Å². The summed E-state index contributed by atoms with van der Waals surface area (Å²) < 4.78 is 12.5. The van der Waals surface area contributed by atoms with Gasteiger partial charge in [0.2, 0.25) is 0 Å². The predicted molar refractivity (Wildman–Crippen MR) is 132 cm³/mol. The number of methoxy groups -OCH3 is 1. The van der Waals surface area contributed by atoms with E-state index >= 15 is 0 Å². The molecule has 2 aromatic carbocycles. The zero-order chi connectivity index (χ0) is 24.7. The quantitative estimate of drug-likeness (QED) is 0.425. The van der Waals surface area contributed by atoms with Crippen LogP contribution in [-0.4, -0.2) is 59.9 Å². The van der Waals surface area contributed by atoms with Crippen molar-refractivity contribution in [3.63, 3.8) is 0 Å². The average molecular weight is 531 g/mol. The molecule has 1 atom stereocenters. The van der Waals surface area contributed by atoms with Crippen LogP contribution in [0.5, 0.6) is 0 Å². The van der Waals surface area contributed by atoms with Gasteiger partial charge in [-0.3, -0.25) is 14.2 Å². The first-order chi connectivity index (χ1) is 16.4. The van der Waals surface area contributed by atoms with Crippen LogP contribution in [0.3, 0.4) is 0 Å². The molecule has 0 saturated carbocycles. The standard InChI is InChI=1S/C24H27BrN4O5/c1-4-34-21(30)15-26-24(32)28(13-14-33-3)16(2)22-27-20-8-6-5-7-19(20)23(31)29(22)18-11-9-17(25)10-12-18/h5-12,16H,4,13-15H2,1-3H3,(H,26,32). The van der Waals surface area contributed by atoms with E-state index in [1.54, 1.807) is 44.2 Å². The van der Waals surface area contributed by atoms with Crippen LogP contribution < -0.4 is 10.9 Å². The summed E-state index contributed by atoms with van der Waals surface area (Å²) in [6, 6.07) is 13.2. The lowest BCUT2D eigenvalue weighted by atomic mass is 10.2. The molecule has 1 aromatic heterocycles. The van der Waals surface area contributed by atoms with Crippen LogP contribution in [0.1, 0.15) is 25.7 Å². The molecule has 0 aliphatic rings. The number of rotatable bonds is 9. The van der Waals surface area contributed by atoms with Gasteiger partial charge in [-0.05, 0) is 50.2 Å². The molecule has 3 rings (SSSR count). The van der Waals surface area contributed by atoms with E-state index in [2.05, 4.69) is 21.2 Å². The highest BCUT2D eigenvalue weighted by molar-refractivity contribution is 9.10. The first-order valence-corrected chi connectivity index (χ1v) is 11.6. The van der Waals surface area contributed by atoms with Gasteiger partial charge in [0.15, 0.2) is 0 Å². The second-order valence-corrected chi connectivity index (χ2v) is 8.35. The van der Waals surface area contributed by atoms with Crippen LogP contribution in [0.15, 0.2) is 57.8 Å². The Morgan fingerprint density at radius 2 is 1.88 bits per heavy atom. The van der Waals surface area contributed by atoms with E-state index < -0.39 is 18.0 Å². The maximum absolute atomic E-state index is 13.5. The van der Waals surface area contributed by atoms with Crippen molar-refractivity contribution in [1.82, 2.24) is 19.8 Å². The molecule has 0 aliphatic heterocycles. The van der Waals surface area contributed by atoms with Gasteiger partial charge in [0.25, 0.3) is 5.56 Å². The molecule has 34 heavy (non-hydrogen) atoms. The molecular formula is C24H27BrN4O5. The van der Waals surface area contributed by atoms with Crippen molar-refractivity contribution in [2.75, 3.05) is 33.4 Å². The fourth-order valence-electron chi connectivity index (χ4n) is 3.53. The van der Waals surface area contributed by atoms with Gasteiger partial charge in [-0.1, -0.05) is 28.1 Å². The summed E-state index contributed by atoms with van der Waals surface area (Å²) in [7, 11) is 1.53. The molecule has 9 nitrogen and oxygen atoms in total. The van der Waals surface area contributed by atoms with Crippen molar-refractivity contribution in [3.05, 3.63) is 69.2 Å². The Bertz CT molecular complexity index is 1210. The number of carbonyl (C=O) groups excluding carboxylic acids is 2. The molecule has 2 amide bonds. The molecule has 1 heterocycles. The second-order valence-electron chi connectivity index (χ2n) is 7.43. The van der Waals surface area contributed by atoms with E-state index in [0.717, 1.165) is 4.47 Å². The lowest BCUT2D eigenvalue weighted by molar-refractivity contribution is -0.141. The van der Waals surface area contributed by atoms with Gasteiger partial charge in [0, 0.05) is 18.1 Å². The Morgan fingerprint density at radius 1 is 1.18 bits per heavy atom. The maximum atomic E-state index is 13.5. The smallest absolute Gasteiger partial charge is 0.325 e. The van der Waals surface area contributed by atoms with Crippen molar-refractivity contribution in [2.45, 2.75) is 19.9 Å². The van der Waals surface area contributed by atoms with Gasteiger partial charge < -0.3 is 19.7 Å². The summed E-state index contributed by atoms with van der Waals surface area (Å²) in [4.78, 5) is 44.6. The Morgan fingerprint density at radius 3 is 2.56 bits per heavy atom. The Kier molecular flexibility index (Phi) is 8.78. The molecule has 0 radical (unpaired) electrons. The van der Waals surface area contributed by atoms with E-state index in [-0.39, 0.29) is 31.9 Å². The first-order valence-electron chi connectivity index (χ1n) is 10.8. The predicted octanol–water partition coefficient (Wildman–Crippen LogP) is 3.43. The number of nitrogens with one attached hydrogen (secondary N) is 1. The van der Waals surface area contributed by atoms with E-state index in [1.165, 1.54) is 16.6 Å². The number of hydrogen-bond donors (Lipinski definition) is 1. The van der Waals surface area contributed by atoms with E-state index in [9.17, 15) is 14.4 Å². The number of para-hydroxylation sites is 1. The van der Waals surface area contributed by atoms with E-state index in [1.807, 2.05) is 18.2 Å². The molecule has 0 aliphatic carbocycles. The third-order valence-electron chi connectivity index (χ3n) is 5.21. The Hall–Kier alpha value is -3.24. The first kappa shape index (κ1) is 25.4. The molecular weight excluding hydrogens is 504 g/mol. The topological polar surface area (TPSA) is 103 Å². The highest BCUT2D eigenvalue weighted by atomic mass is 79.9.